The van der Waals surface area contributed by atoms with Crippen LogP contribution in [0.15, 0.2) is 42.5 Å². The van der Waals surface area contributed by atoms with E-state index in [-0.39, 0.29) is 30.7 Å². The van der Waals surface area contributed by atoms with Crippen LogP contribution in [0.25, 0.3) is 22.0 Å². The number of nitrogens with zero attached hydrogens (tertiary/aromatic N) is 2. The Bertz CT molecular complexity index is 1150. The van der Waals surface area contributed by atoms with E-state index < -0.39 is 17.5 Å². The number of ether oxygens (including phenoxy) is 1. The zero-order chi connectivity index (χ0) is 21.0. The molecular formula is C22H17ClN2O4. The maximum atomic E-state index is 12.6. The standard InChI is InChI=1S/C22H17ClN2O4/c1-2-29-19(27)10-9-18(26)21-22(28)17(12-24)16-8-4-7-15(20(16)25-21)13-5-3-6-14(23)11-13/h3-8,11,28H,2,9-10H2,1H3. The summed E-state index contributed by atoms with van der Waals surface area (Å²) in [5.41, 5.74) is 1.53. The number of ketones is 1. The first-order valence-electron chi connectivity index (χ1n) is 8.96. The number of hydrogen-bond acceptors (Lipinski definition) is 6. The quantitative estimate of drug-likeness (QED) is 0.470. The Morgan fingerprint density at radius 2 is 1.97 bits per heavy atom. The Morgan fingerprint density at radius 3 is 2.66 bits per heavy atom. The summed E-state index contributed by atoms with van der Waals surface area (Å²) < 4.78 is 4.82. The molecule has 0 amide bonds. The first kappa shape index (κ1) is 20.3. The van der Waals surface area contributed by atoms with Crippen molar-refractivity contribution in [3.8, 4) is 22.9 Å². The highest BCUT2D eigenvalue weighted by molar-refractivity contribution is 6.30. The van der Waals surface area contributed by atoms with Crippen molar-refractivity contribution in [2.45, 2.75) is 19.8 Å². The molecule has 0 unspecified atom stereocenters. The van der Waals surface area contributed by atoms with Crippen LogP contribution in [0.4, 0.5) is 0 Å². The summed E-state index contributed by atoms with van der Waals surface area (Å²) in [4.78, 5) is 28.5. The fourth-order valence-corrected chi connectivity index (χ4v) is 3.23. The molecule has 29 heavy (non-hydrogen) atoms. The van der Waals surface area contributed by atoms with Crippen LogP contribution in [0.2, 0.25) is 5.02 Å². The van der Waals surface area contributed by atoms with Crippen LogP contribution in [0.5, 0.6) is 5.75 Å². The van der Waals surface area contributed by atoms with Crippen molar-refractivity contribution in [2.75, 3.05) is 6.61 Å². The number of carbonyl (C=O) groups excluding carboxylic acids is 2. The van der Waals surface area contributed by atoms with Crippen molar-refractivity contribution in [3.05, 3.63) is 58.7 Å². The number of halogens is 1. The van der Waals surface area contributed by atoms with Gasteiger partial charge in [-0.05, 0) is 24.6 Å². The summed E-state index contributed by atoms with van der Waals surface area (Å²) in [6.45, 7) is 1.89. The second kappa shape index (κ2) is 8.72. The minimum atomic E-state index is -0.546. The van der Waals surface area contributed by atoms with Gasteiger partial charge in [-0.1, -0.05) is 41.9 Å². The number of benzene rings is 2. The molecule has 1 aromatic heterocycles. The van der Waals surface area contributed by atoms with Crippen molar-refractivity contribution in [3.63, 3.8) is 0 Å². The van der Waals surface area contributed by atoms with E-state index in [4.69, 9.17) is 16.3 Å². The van der Waals surface area contributed by atoms with Gasteiger partial charge >= 0.3 is 5.97 Å². The molecular weight excluding hydrogens is 392 g/mol. The molecule has 0 radical (unpaired) electrons. The van der Waals surface area contributed by atoms with E-state index in [1.54, 1.807) is 43.3 Å². The minimum absolute atomic E-state index is 0.0432. The Labute approximate surface area is 172 Å². The van der Waals surface area contributed by atoms with E-state index in [2.05, 4.69) is 4.98 Å². The molecule has 0 aliphatic rings. The SMILES string of the molecule is CCOC(=O)CCC(=O)c1nc2c(-c3cccc(Cl)c3)cccc2c(C#N)c1O. The van der Waals surface area contributed by atoms with E-state index in [1.165, 1.54) is 0 Å². The molecule has 146 valence electrons. The third kappa shape index (κ3) is 4.20. The number of Topliss-reactive ketones (excluding diaryl/α,β-unsaturated/α-hetero) is 1. The number of nitriles is 1. The average Bonchev–Trinajstić information content (AvgIpc) is 2.71. The zero-order valence-electron chi connectivity index (χ0n) is 15.6. The fraction of sp³-hybridized carbons (Fsp3) is 0.182. The van der Waals surface area contributed by atoms with Gasteiger partial charge in [0.05, 0.1) is 18.5 Å². The summed E-state index contributed by atoms with van der Waals surface area (Å²) in [5.74, 6) is -1.55. The summed E-state index contributed by atoms with van der Waals surface area (Å²) in [7, 11) is 0. The molecule has 0 fully saturated rings. The molecule has 2 aromatic carbocycles. The molecule has 0 bridgehead atoms. The van der Waals surface area contributed by atoms with Gasteiger partial charge in [0.25, 0.3) is 0 Å². The second-order valence-electron chi connectivity index (χ2n) is 6.24. The molecule has 0 saturated heterocycles. The number of carbonyl (C=O) groups is 2. The number of aromatic nitrogens is 1. The van der Waals surface area contributed by atoms with Crippen LogP contribution >= 0.6 is 11.6 Å². The molecule has 0 spiro atoms. The van der Waals surface area contributed by atoms with Crippen LogP contribution < -0.4 is 0 Å². The van der Waals surface area contributed by atoms with E-state index in [0.717, 1.165) is 5.56 Å². The van der Waals surface area contributed by atoms with Crippen molar-refractivity contribution < 1.29 is 19.4 Å². The summed E-state index contributed by atoms with van der Waals surface area (Å²) in [5, 5.41) is 21.0. The lowest BCUT2D eigenvalue weighted by Gasteiger charge is -2.12. The van der Waals surface area contributed by atoms with Gasteiger partial charge in [0.2, 0.25) is 0 Å². The molecule has 3 rings (SSSR count). The van der Waals surface area contributed by atoms with Gasteiger partial charge in [-0.15, -0.1) is 0 Å². The summed E-state index contributed by atoms with van der Waals surface area (Å²) in [6.07, 6.45) is -0.321. The number of aromatic hydroxyl groups is 1. The fourth-order valence-electron chi connectivity index (χ4n) is 3.04. The highest BCUT2D eigenvalue weighted by Crippen LogP contribution is 2.35. The lowest BCUT2D eigenvalue weighted by Crippen LogP contribution is -2.10. The first-order chi connectivity index (χ1) is 14.0. The summed E-state index contributed by atoms with van der Waals surface area (Å²) >= 11 is 6.10. The van der Waals surface area contributed by atoms with E-state index in [0.29, 0.717) is 21.5 Å². The Hall–Kier alpha value is -3.43. The highest BCUT2D eigenvalue weighted by atomic mass is 35.5. The number of para-hydroxylation sites is 1. The molecule has 1 heterocycles. The molecule has 0 atom stereocenters. The van der Waals surface area contributed by atoms with Crippen LogP contribution in [0, 0.1) is 11.3 Å². The number of hydrogen-bond donors (Lipinski definition) is 1. The van der Waals surface area contributed by atoms with Gasteiger partial charge in [-0.25, -0.2) is 4.98 Å². The monoisotopic (exact) mass is 408 g/mol. The van der Waals surface area contributed by atoms with Gasteiger partial charge in [0.15, 0.2) is 11.5 Å². The van der Waals surface area contributed by atoms with Gasteiger partial charge in [0.1, 0.15) is 17.3 Å². The molecule has 3 aromatic rings. The topological polar surface area (TPSA) is 100 Å². The van der Waals surface area contributed by atoms with Crippen molar-refractivity contribution in [1.29, 1.82) is 5.26 Å². The van der Waals surface area contributed by atoms with Gasteiger partial charge in [-0.3, -0.25) is 9.59 Å². The Balaban J connectivity index is 2.13. The van der Waals surface area contributed by atoms with Gasteiger partial charge < -0.3 is 9.84 Å². The third-order valence-electron chi connectivity index (χ3n) is 4.36. The Morgan fingerprint density at radius 1 is 1.21 bits per heavy atom. The van der Waals surface area contributed by atoms with E-state index in [1.807, 2.05) is 12.1 Å². The first-order valence-corrected chi connectivity index (χ1v) is 9.34. The normalized spacial score (nSPS) is 10.5. The average molecular weight is 409 g/mol. The van der Waals surface area contributed by atoms with E-state index >= 15 is 0 Å². The second-order valence-corrected chi connectivity index (χ2v) is 6.67. The number of esters is 1. The number of rotatable bonds is 6. The van der Waals surface area contributed by atoms with Crippen LogP contribution in [0.1, 0.15) is 35.8 Å². The molecule has 1 N–H and O–H groups in total. The maximum Gasteiger partial charge on any atom is 0.306 e. The number of pyridine rings is 1. The Kier molecular flexibility index (Phi) is 6.10. The number of fused-ring (bicyclic) bond motifs is 1. The smallest absolute Gasteiger partial charge is 0.306 e. The predicted octanol–water partition coefficient (Wildman–Crippen LogP) is 4.66. The van der Waals surface area contributed by atoms with Crippen LogP contribution in [-0.4, -0.2) is 28.4 Å². The molecule has 6 nitrogen and oxygen atoms in total. The van der Waals surface area contributed by atoms with Gasteiger partial charge in [0, 0.05) is 22.4 Å². The van der Waals surface area contributed by atoms with Crippen LogP contribution in [0.3, 0.4) is 0 Å². The molecule has 0 aliphatic carbocycles. The van der Waals surface area contributed by atoms with Crippen molar-refractivity contribution in [1.82, 2.24) is 4.98 Å². The van der Waals surface area contributed by atoms with Crippen molar-refractivity contribution in [2.24, 2.45) is 0 Å². The lowest BCUT2D eigenvalue weighted by atomic mass is 9.97. The summed E-state index contributed by atoms with van der Waals surface area (Å²) in [6, 6.07) is 14.2. The van der Waals surface area contributed by atoms with Crippen LogP contribution in [-0.2, 0) is 9.53 Å². The van der Waals surface area contributed by atoms with Gasteiger partial charge in [-0.2, -0.15) is 5.26 Å². The lowest BCUT2D eigenvalue weighted by molar-refractivity contribution is -0.143. The maximum absolute atomic E-state index is 12.6. The molecule has 0 saturated carbocycles. The molecule has 0 aliphatic heterocycles. The third-order valence-corrected chi connectivity index (χ3v) is 4.60. The largest absolute Gasteiger partial charge is 0.504 e. The van der Waals surface area contributed by atoms with E-state index in [9.17, 15) is 20.0 Å². The predicted molar refractivity (Wildman–Crippen MR) is 109 cm³/mol. The van der Waals surface area contributed by atoms with Crippen molar-refractivity contribution >= 4 is 34.3 Å². The molecule has 7 heteroatoms. The highest BCUT2D eigenvalue weighted by Gasteiger charge is 2.22. The minimum Gasteiger partial charge on any atom is -0.504 e. The zero-order valence-corrected chi connectivity index (χ0v) is 16.4.